The largest absolute Gasteiger partial charge is 0.350 e. The molecule has 1 amide bonds. The molecule has 3 aromatic rings. The third-order valence-electron chi connectivity index (χ3n) is 4.93. The van der Waals surface area contributed by atoms with Crippen molar-refractivity contribution in [3.63, 3.8) is 0 Å². The molecule has 1 aliphatic rings. The summed E-state index contributed by atoms with van der Waals surface area (Å²) in [5.74, 6) is -0.119. The standard InChI is InChI=1S/C20H20BrN3O3S/c21-17-7-6-16-12-19(22-18(16)13-17)20(25)23-8-10-24(11-9-23)28(26,27)14-15-4-2-1-3-5-15/h1-7,12-13,22H,8-11,14H2. The zero-order valence-electron chi connectivity index (χ0n) is 15.1. The Balaban J connectivity index is 1.42. The molecule has 0 radical (unpaired) electrons. The van der Waals surface area contributed by atoms with Gasteiger partial charge in [0.2, 0.25) is 10.0 Å². The van der Waals surface area contributed by atoms with E-state index in [9.17, 15) is 13.2 Å². The van der Waals surface area contributed by atoms with Gasteiger partial charge in [-0.15, -0.1) is 0 Å². The molecule has 0 aliphatic carbocycles. The molecule has 28 heavy (non-hydrogen) atoms. The van der Waals surface area contributed by atoms with Crippen molar-refractivity contribution >= 4 is 42.8 Å². The number of sulfonamides is 1. The van der Waals surface area contributed by atoms with Crippen LogP contribution in [0.15, 0.2) is 59.1 Å². The van der Waals surface area contributed by atoms with Crippen LogP contribution in [0.3, 0.4) is 0 Å². The molecule has 1 aliphatic heterocycles. The molecule has 6 nitrogen and oxygen atoms in total. The van der Waals surface area contributed by atoms with Crippen molar-refractivity contribution < 1.29 is 13.2 Å². The van der Waals surface area contributed by atoms with Gasteiger partial charge in [0.1, 0.15) is 5.69 Å². The van der Waals surface area contributed by atoms with Gasteiger partial charge in [0.25, 0.3) is 5.91 Å². The maximum atomic E-state index is 12.8. The van der Waals surface area contributed by atoms with Gasteiger partial charge in [-0.3, -0.25) is 4.79 Å². The van der Waals surface area contributed by atoms with Crippen molar-refractivity contribution in [3.05, 3.63) is 70.3 Å². The van der Waals surface area contributed by atoms with E-state index in [1.807, 2.05) is 54.6 Å². The first-order valence-corrected chi connectivity index (χ1v) is 11.4. The van der Waals surface area contributed by atoms with Crippen molar-refractivity contribution in [3.8, 4) is 0 Å². The van der Waals surface area contributed by atoms with Gasteiger partial charge in [-0.1, -0.05) is 52.3 Å². The summed E-state index contributed by atoms with van der Waals surface area (Å²) in [6.07, 6.45) is 0. The van der Waals surface area contributed by atoms with E-state index in [-0.39, 0.29) is 11.7 Å². The van der Waals surface area contributed by atoms with Gasteiger partial charge in [0, 0.05) is 41.6 Å². The number of nitrogens with zero attached hydrogens (tertiary/aromatic N) is 2. The fourth-order valence-corrected chi connectivity index (χ4v) is 5.31. The summed E-state index contributed by atoms with van der Waals surface area (Å²) in [6.45, 7) is 1.39. The summed E-state index contributed by atoms with van der Waals surface area (Å²) in [4.78, 5) is 17.7. The third-order valence-corrected chi connectivity index (χ3v) is 7.27. The van der Waals surface area contributed by atoms with E-state index in [0.717, 1.165) is 20.9 Å². The van der Waals surface area contributed by atoms with E-state index < -0.39 is 10.0 Å². The number of carbonyl (C=O) groups excluding carboxylic acids is 1. The Morgan fingerprint density at radius 2 is 1.71 bits per heavy atom. The summed E-state index contributed by atoms with van der Waals surface area (Å²) >= 11 is 3.43. The minimum Gasteiger partial charge on any atom is -0.350 e. The van der Waals surface area contributed by atoms with Gasteiger partial charge >= 0.3 is 0 Å². The molecule has 1 aromatic heterocycles. The monoisotopic (exact) mass is 461 g/mol. The lowest BCUT2D eigenvalue weighted by Crippen LogP contribution is -2.50. The Labute approximate surface area is 172 Å². The molecule has 0 unspecified atom stereocenters. The third kappa shape index (κ3) is 3.99. The van der Waals surface area contributed by atoms with E-state index in [0.29, 0.717) is 31.9 Å². The molecule has 2 heterocycles. The Kier molecular flexibility index (Phi) is 5.27. The predicted molar refractivity (Wildman–Crippen MR) is 113 cm³/mol. The van der Waals surface area contributed by atoms with Crippen LogP contribution in [0.4, 0.5) is 0 Å². The lowest BCUT2D eigenvalue weighted by atomic mass is 10.2. The number of hydrogen-bond donors (Lipinski definition) is 1. The molecule has 0 atom stereocenters. The van der Waals surface area contributed by atoms with E-state index >= 15 is 0 Å². The molecule has 8 heteroatoms. The molecule has 0 spiro atoms. The summed E-state index contributed by atoms with van der Waals surface area (Å²) in [5, 5.41) is 0.968. The molecular formula is C20H20BrN3O3S. The fraction of sp³-hybridized carbons (Fsp3) is 0.250. The molecule has 1 fully saturated rings. The summed E-state index contributed by atoms with van der Waals surface area (Å²) in [7, 11) is -3.39. The van der Waals surface area contributed by atoms with Crippen molar-refractivity contribution in [2.24, 2.45) is 0 Å². The van der Waals surface area contributed by atoms with Crippen molar-refractivity contribution in [2.75, 3.05) is 26.2 Å². The quantitative estimate of drug-likeness (QED) is 0.647. The number of aromatic nitrogens is 1. The second-order valence-corrected chi connectivity index (χ2v) is 9.73. The van der Waals surface area contributed by atoms with E-state index in [1.54, 1.807) is 4.90 Å². The highest BCUT2D eigenvalue weighted by atomic mass is 79.9. The second-order valence-electron chi connectivity index (χ2n) is 6.85. The SMILES string of the molecule is O=C(c1cc2ccc(Br)cc2[nH]1)N1CCN(S(=O)(=O)Cc2ccccc2)CC1. The molecule has 0 bridgehead atoms. The highest BCUT2D eigenvalue weighted by Crippen LogP contribution is 2.22. The van der Waals surface area contributed by atoms with Crippen LogP contribution in [0, 0.1) is 0 Å². The fourth-order valence-electron chi connectivity index (χ4n) is 3.43. The van der Waals surface area contributed by atoms with Crippen molar-refractivity contribution in [1.82, 2.24) is 14.2 Å². The van der Waals surface area contributed by atoms with Crippen LogP contribution in [-0.4, -0.2) is 54.7 Å². The van der Waals surface area contributed by atoms with Crippen LogP contribution in [-0.2, 0) is 15.8 Å². The Morgan fingerprint density at radius 3 is 2.43 bits per heavy atom. The number of carbonyl (C=O) groups is 1. The first kappa shape index (κ1) is 19.2. The first-order chi connectivity index (χ1) is 13.4. The van der Waals surface area contributed by atoms with Crippen LogP contribution in [0.25, 0.3) is 10.9 Å². The van der Waals surface area contributed by atoms with Crippen molar-refractivity contribution in [2.45, 2.75) is 5.75 Å². The molecule has 2 aromatic carbocycles. The summed E-state index contributed by atoms with van der Waals surface area (Å²) in [5.41, 5.74) is 2.18. The minimum absolute atomic E-state index is 0.0152. The zero-order chi connectivity index (χ0) is 19.7. The Bertz CT molecular complexity index is 1100. The van der Waals surface area contributed by atoms with Crippen LogP contribution in [0.1, 0.15) is 16.1 Å². The number of benzene rings is 2. The summed E-state index contributed by atoms with van der Waals surface area (Å²) < 4.78 is 27.7. The number of aromatic amines is 1. The van der Waals surface area contributed by atoms with Crippen LogP contribution >= 0.6 is 15.9 Å². The zero-order valence-corrected chi connectivity index (χ0v) is 17.5. The van der Waals surface area contributed by atoms with E-state index in [1.165, 1.54) is 4.31 Å². The number of nitrogens with one attached hydrogen (secondary N) is 1. The smallest absolute Gasteiger partial charge is 0.270 e. The van der Waals surface area contributed by atoms with E-state index in [2.05, 4.69) is 20.9 Å². The molecular weight excluding hydrogens is 442 g/mol. The van der Waals surface area contributed by atoms with Crippen LogP contribution < -0.4 is 0 Å². The normalized spacial score (nSPS) is 15.8. The van der Waals surface area contributed by atoms with Gasteiger partial charge in [-0.2, -0.15) is 4.31 Å². The number of rotatable bonds is 4. The predicted octanol–water partition coefficient (Wildman–Crippen LogP) is 3.22. The summed E-state index contributed by atoms with van der Waals surface area (Å²) in [6, 6.07) is 16.8. The van der Waals surface area contributed by atoms with Gasteiger partial charge in [-0.05, 0) is 23.8 Å². The lowest BCUT2D eigenvalue weighted by molar-refractivity contribution is 0.0693. The first-order valence-electron chi connectivity index (χ1n) is 9.02. The van der Waals surface area contributed by atoms with E-state index in [4.69, 9.17) is 0 Å². The van der Waals surface area contributed by atoms with Gasteiger partial charge in [-0.25, -0.2) is 8.42 Å². The number of halogens is 1. The average molecular weight is 462 g/mol. The average Bonchev–Trinajstić information content (AvgIpc) is 3.11. The maximum Gasteiger partial charge on any atom is 0.270 e. The number of hydrogen-bond acceptors (Lipinski definition) is 3. The molecule has 1 saturated heterocycles. The Hall–Kier alpha value is -2.16. The van der Waals surface area contributed by atoms with Gasteiger partial charge in [0.05, 0.1) is 5.75 Å². The minimum atomic E-state index is -3.39. The van der Waals surface area contributed by atoms with Gasteiger partial charge < -0.3 is 9.88 Å². The second kappa shape index (κ2) is 7.69. The number of amides is 1. The van der Waals surface area contributed by atoms with Crippen LogP contribution in [0.2, 0.25) is 0 Å². The maximum absolute atomic E-state index is 12.8. The highest BCUT2D eigenvalue weighted by Gasteiger charge is 2.29. The van der Waals surface area contributed by atoms with Crippen LogP contribution in [0.5, 0.6) is 0 Å². The number of H-pyrrole nitrogens is 1. The lowest BCUT2D eigenvalue weighted by Gasteiger charge is -2.33. The number of fused-ring (bicyclic) bond motifs is 1. The molecule has 146 valence electrons. The molecule has 1 N–H and O–H groups in total. The molecule has 0 saturated carbocycles. The number of piperazine rings is 1. The molecule has 4 rings (SSSR count). The van der Waals surface area contributed by atoms with Gasteiger partial charge in [0.15, 0.2) is 0 Å². The topological polar surface area (TPSA) is 73.5 Å². The van der Waals surface area contributed by atoms with Crippen molar-refractivity contribution in [1.29, 1.82) is 0 Å². The Morgan fingerprint density at radius 1 is 1.00 bits per heavy atom. The highest BCUT2D eigenvalue weighted by molar-refractivity contribution is 9.10.